The molecule has 0 unspecified atom stereocenters. The van der Waals surface area contributed by atoms with Crippen molar-refractivity contribution >= 4 is 29.0 Å². The Kier molecular flexibility index (Phi) is 3.42. The van der Waals surface area contributed by atoms with Crippen molar-refractivity contribution in [2.45, 2.75) is 26.2 Å². The van der Waals surface area contributed by atoms with Crippen LogP contribution in [0.15, 0.2) is 18.2 Å². The first-order valence-corrected chi connectivity index (χ1v) is 7.27. The number of halogens is 2. The second-order valence-corrected chi connectivity index (χ2v) is 5.47. The van der Waals surface area contributed by atoms with E-state index in [-0.39, 0.29) is 0 Å². The highest BCUT2D eigenvalue weighted by Gasteiger charge is 2.23. The van der Waals surface area contributed by atoms with Crippen LogP contribution in [-0.2, 0) is 12.8 Å². The number of hydrogen-bond acceptors (Lipinski definition) is 2. The van der Waals surface area contributed by atoms with Gasteiger partial charge in [0.15, 0.2) is 0 Å². The monoisotopic (exact) mass is 295 g/mol. The summed E-state index contributed by atoms with van der Waals surface area (Å²) in [6.07, 6.45) is 3.12. The van der Waals surface area contributed by atoms with Gasteiger partial charge in [0.25, 0.3) is 0 Å². The summed E-state index contributed by atoms with van der Waals surface area (Å²) in [7, 11) is 0. The minimum absolute atomic E-state index is 0.547. The van der Waals surface area contributed by atoms with E-state index < -0.39 is 0 Å². The van der Waals surface area contributed by atoms with Crippen LogP contribution in [0.2, 0.25) is 10.0 Å². The summed E-state index contributed by atoms with van der Waals surface area (Å²) in [5.41, 5.74) is 3.32. The lowest BCUT2D eigenvalue weighted by Crippen LogP contribution is -2.05. The van der Waals surface area contributed by atoms with E-state index in [0.29, 0.717) is 10.0 Å². The third-order valence-electron chi connectivity index (χ3n) is 3.38. The smallest absolute Gasteiger partial charge is 0.133 e. The molecular formula is C14H15Cl2N3. The van der Waals surface area contributed by atoms with E-state index in [1.54, 1.807) is 6.07 Å². The predicted molar refractivity (Wildman–Crippen MR) is 79.8 cm³/mol. The number of nitrogens with one attached hydrogen (secondary N) is 1. The van der Waals surface area contributed by atoms with Crippen LogP contribution in [-0.4, -0.2) is 16.3 Å². The van der Waals surface area contributed by atoms with Crippen LogP contribution >= 0.6 is 23.2 Å². The second kappa shape index (κ2) is 5.06. The van der Waals surface area contributed by atoms with Crippen LogP contribution in [0.3, 0.4) is 0 Å². The summed E-state index contributed by atoms with van der Waals surface area (Å²) in [6, 6.07) is 5.63. The number of rotatable bonds is 3. The molecule has 0 bridgehead atoms. The van der Waals surface area contributed by atoms with Crippen molar-refractivity contribution < 1.29 is 0 Å². The van der Waals surface area contributed by atoms with Crippen LogP contribution in [0, 0.1) is 0 Å². The molecule has 100 valence electrons. The Morgan fingerprint density at radius 1 is 1.37 bits per heavy atom. The number of anilines is 1. The molecule has 0 spiro atoms. The molecule has 1 aromatic heterocycles. The molecule has 0 atom stereocenters. The van der Waals surface area contributed by atoms with Gasteiger partial charge in [-0.05, 0) is 25.0 Å². The molecular weight excluding hydrogens is 281 g/mol. The van der Waals surface area contributed by atoms with E-state index in [2.05, 4.69) is 12.2 Å². The Hall–Kier alpha value is -1.19. The molecule has 1 N–H and O–H groups in total. The number of benzene rings is 1. The Balaban J connectivity index is 2.15. The predicted octanol–water partition coefficient (Wildman–Crippen LogP) is 4.10. The van der Waals surface area contributed by atoms with E-state index >= 15 is 0 Å². The van der Waals surface area contributed by atoms with Crippen molar-refractivity contribution in [3.63, 3.8) is 0 Å². The third kappa shape index (κ3) is 2.11. The van der Waals surface area contributed by atoms with Crippen LogP contribution in [0.25, 0.3) is 5.69 Å². The van der Waals surface area contributed by atoms with Gasteiger partial charge in [-0.2, -0.15) is 5.10 Å². The van der Waals surface area contributed by atoms with E-state index in [1.165, 1.54) is 11.3 Å². The largest absolute Gasteiger partial charge is 0.369 e. The normalized spacial score (nSPS) is 13.4. The molecule has 0 amide bonds. The van der Waals surface area contributed by atoms with Gasteiger partial charge in [0.2, 0.25) is 0 Å². The molecule has 0 fully saturated rings. The summed E-state index contributed by atoms with van der Waals surface area (Å²) in [5, 5.41) is 9.20. The fraction of sp³-hybridized carbons (Fsp3) is 0.357. The minimum Gasteiger partial charge on any atom is -0.369 e. The van der Waals surface area contributed by atoms with E-state index in [9.17, 15) is 0 Å². The first kappa shape index (κ1) is 12.8. The van der Waals surface area contributed by atoms with Crippen LogP contribution < -0.4 is 5.32 Å². The number of nitrogens with zero attached hydrogens (tertiary/aromatic N) is 2. The highest BCUT2D eigenvalue weighted by atomic mass is 35.5. The van der Waals surface area contributed by atoms with Gasteiger partial charge in [-0.3, -0.25) is 0 Å². The van der Waals surface area contributed by atoms with Crippen molar-refractivity contribution in [3.8, 4) is 5.69 Å². The second-order valence-electron chi connectivity index (χ2n) is 4.69. The lowest BCUT2D eigenvalue weighted by Gasteiger charge is -2.09. The number of aryl methyl sites for hydroxylation is 1. The van der Waals surface area contributed by atoms with Crippen molar-refractivity contribution in [3.05, 3.63) is 39.5 Å². The quantitative estimate of drug-likeness (QED) is 0.924. The maximum atomic E-state index is 6.30. The van der Waals surface area contributed by atoms with E-state index in [1.807, 2.05) is 16.8 Å². The zero-order valence-corrected chi connectivity index (χ0v) is 12.2. The first-order valence-electron chi connectivity index (χ1n) is 6.51. The zero-order valence-electron chi connectivity index (χ0n) is 10.7. The summed E-state index contributed by atoms with van der Waals surface area (Å²) in [5.74, 6) is 1.06. The average molecular weight is 296 g/mol. The molecule has 19 heavy (non-hydrogen) atoms. The van der Waals surface area contributed by atoms with Gasteiger partial charge in [0, 0.05) is 12.1 Å². The van der Waals surface area contributed by atoms with Crippen molar-refractivity contribution in [1.29, 1.82) is 0 Å². The minimum atomic E-state index is 0.547. The maximum absolute atomic E-state index is 6.30. The highest BCUT2D eigenvalue weighted by Crippen LogP contribution is 2.34. The molecule has 0 saturated heterocycles. The third-order valence-corrected chi connectivity index (χ3v) is 4.19. The number of fused-ring (bicyclic) bond motifs is 1. The maximum Gasteiger partial charge on any atom is 0.133 e. The summed E-state index contributed by atoms with van der Waals surface area (Å²) in [4.78, 5) is 0. The molecule has 5 heteroatoms. The van der Waals surface area contributed by atoms with E-state index in [0.717, 1.165) is 37.3 Å². The fourth-order valence-corrected chi connectivity index (χ4v) is 2.89. The molecule has 0 radical (unpaired) electrons. The topological polar surface area (TPSA) is 29.9 Å². The highest BCUT2D eigenvalue weighted by molar-refractivity contribution is 6.43. The molecule has 3 rings (SSSR count). The van der Waals surface area contributed by atoms with Crippen LogP contribution in [0.4, 0.5) is 5.82 Å². The summed E-state index contributed by atoms with van der Waals surface area (Å²) < 4.78 is 1.89. The van der Waals surface area contributed by atoms with Crippen molar-refractivity contribution in [2.75, 3.05) is 11.9 Å². The molecule has 1 aromatic carbocycles. The molecule has 0 aliphatic carbocycles. The summed E-state index contributed by atoms with van der Waals surface area (Å²) >= 11 is 12.4. The van der Waals surface area contributed by atoms with Gasteiger partial charge in [-0.1, -0.05) is 42.6 Å². The lowest BCUT2D eigenvalue weighted by atomic mass is 10.1. The number of hydrogen-bond donors (Lipinski definition) is 1. The zero-order chi connectivity index (χ0) is 13.4. The molecule has 3 nitrogen and oxygen atoms in total. The fourth-order valence-electron chi connectivity index (χ4n) is 2.51. The Bertz CT molecular complexity index is 619. The van der Waals surface area contributed by atoms with Gasteiger partial charge in [-0.25, -0.2) is 4.68 Å². The molecule has 1 aliphatic heterocycles. The Labute approximate surface area is 122 Å². The average Bonchev–Trinajstić information content (AvgIpc) is 2.97. The summed E-state index contributed by atoms with van der Waals surface area (Å²) in [6.45, 7) is 3.13. The van der Waals surface area contributed by atoms with Crippen molar-refractivity contribution in [2.24, 2.45) is 0 Å². The Morgan fingerprint density at radius 3 is 3.00 bits per heavy atom. The first-order chi connectivity index (χ1) is 9.22. The van der Waals surface area contributed by atoms with Gasteiger partial charge in [-0.15, -0.1) is 0 Å². The molecule has 0 saturated carbocycles. The van der Waals surface area contributed by atoms with Gasteiger partial charge in [0.05, 0.1) is 21.4 Å². The van der Waals surface area contributed by atoms with Gasteiger partial charge in [0.1, 0.15) is 5.82 Å². The SMILES string of the molecule is CCCc1nn(-c2cccc(Cl)c2Cl)c2c1CCN2. The molecule has 1 aliphatic rings. The van der Waals surface area contributed by atoms with E-state index in [4.69, 9.17) is 28.3 Å². The lowest BCUT2D eigenvalue weighted by molar-refractivity contribution is 0.796. The van der Waals surface area contributed by atoms with Crippen molar-refractivity contribution in [1.82, 2.24) is 9.78 Å². The van der Waals surface area contributed by atoms with Crippen LogP contribution in [0.5, 0.6) is 0 Å². The van der Waals surface area contributed by atoms with Gasteiger partial charge >= 0.3 is 0 Å². The van der Waals surface area contributed by atoms with Crippen LogP contribution in [0.1, 0.15) is 24.6 Å². The standard InChI is InChI=1S/C14H15Cl2N3/c1-2-4-11-9-7-8-17-14(9)19(18-11)12-6-3-5-10(15)13(12)16/h3,5-6,17H,2,4,7-8H2,1H3. The van der Waals surface area contributed by atoms with Gasteiger partial charge < -0.3 is 5.32 Å². The molecule has 2 heterocycles. The Morgan fingerprint density at radius 2 is 2.21 bits per heavy atom. The molecule has 2 aromatic rings. The number of aromatic nitrogens is 2.